The quantitative estimate of drug-likeness (QED) is 0.870. The molecule has 0 fully saturated rings. The van der Waals surface area contributed by atoms with Crippen LogP contribution in [0.5, 0.6) is 0 Å². The van der Waals surface area contributed by atoms with Gasteiger partial charge in [-0.3, -0.25) is 0 Å². The predicted molar refractivity (Wildman–Crippen MR) is 61.2 cm³/mol. The highest BCUT2D eigenvalue weighted by molar-refractivity contribution is 5.85. The van der Waals surface area contributed by atoms with Gasteiger partial charge in [0.15, 0.2) is 0 Å². The van der Waals surface area contributed by atoms with E-state index in [1.807, 2.05) is 0 Å². The summed E-state index contributed by atoms with van der Waals surface area (Å²) in [5.74, 6) is 0.396. The summed E-state index contributed by atoms with van der Waals surface area (Å²) < 4.78 is 14.7. The van der Waals surface area contributed by atoms with Gasteiger partial charge >= 0.3 is 0 Å². The molecule has 0 aliphatic heterocycles. The summed E-state index contributed by atoms with van der Waals surface area (Å²) in [5.41, 5.74) is 7.06. The molecule has 1 aromatic heterocycles. The second kappa shape index (κ2) is 5.05. The molecule has 0 aliphatic carbocycles. The molecule has 0 aliphatic rings. The molecule has 0 amide bonds. The van der Waals surface area contributed by atoms with Crippen LogP contribution in [0, 0.1) is 12.7 Å². The van der Waals surface area contributed by atoms with Crippen LogP contribution < -0.4 is 5.73 Å². The van der Waals surface area contributed by atoms with Crippen LogP contribution in [0.2, 0.25) is 0 Å². The summed E-state index contributed by atoms with van der Waals surface area (Å²) in [6, 6.07) is 4.45. The van der Waals surface area contributed by atoms with Crippen LogP contribution in [0.3, 0.4) is 0 Å². The van der Waals surface area contributed by atoms with Crippen LogP contribution in [0.4, 0.5) is 4.39 Å². The average Bonchev–Trinajstić information content (AvgIpc) is 2.64. The van der Waals surface area contributed by atoms with Crippen molar-refractivity contribution in [2.45, 2.75) is 13.5 Å². The van der Waals surface area contributed by atoms with Crippen molar-refractivity contribution in [3.05, 3.63) is 41.7 Å². The van der Waals surface area contributed by atoms with E-state index in [0.717, 1.165) is 5.56 Å². The number of rotatable bonds is 2. The number of nitrogens with zero attached hydrogens (tertiary/aromatic N) is 3. The first-order chi connectivity index (χ1) is 7.22. The van der Waals surface area contributed by atoms with Gasteiger partial charge in [0.2, 0.25) is 0 Å². The van der Waals surface area contributed by atoms with Crippen molar-refractivity contribution in [2.75, 3.05) is 0 Å². The van der Waals surface area contributed by atoms with E-state index in [0.29, 0.717) is 18.1 Å². The van der Waals surface area contributed by atoms with Crippen molar-refractivity contribution in [3.63, 3.8) is 0 Å². The van der Waals surface area contributed by atoms with Gasteiger partial charge in [-0.1, -0.05) is 6.07 Å². The van der Waals surface area contributed by atoms with Crippen molar-refractivity contribution in [2.24, 2.45) is 5.73 Å². The van der Waals surface area contributed by atoms with Crippen molar-refractivity contribution in [1.82, 2.24) is 14.8 Å². The van der Waals surface area contributed by atoms with E-state index in [2.05, 4.69) is 10.1 Å². The van der Waals surface area contributed by atoms with Crippen LogP contribution in [-0.4, -0.2) is 14.8 Å². The third-order valence-corrected chi connectivity index (χ3v) is 2.21. The highest BCUT2D eigenvalue weighted by Crippen LogP contribution is 2.15. The summed E-state index contributed by atoms with van der Waals surface area (Å²) in [5, 5.41) is 4.02. The van der Waals surface area contributed by atoms with Gasteiger partial charge in [0.05, 0.1) is 5.69 Å². The maximum atomic E-state index is 13.1. The first-order valence-corrected chi connectivity index (χ1v) is 4.58. The van der Waals surface area contributed by atoms with E-state index < -0.39 is 0 Å². The molecule has 0 radical (unpaired) electrons. The van der Waals surface area contributed by atoms with E-state index in [9.17, 15) is 4.39 Å². The fourth-order valence-electron chi connectivity index (χ4n) is 1.44. The lowest BCUT2D eigenvalue weighted by Crippen LogP contribution is -2.07. The number of hydrogen-bond donors (Lipinski definition) is 1. The Morgan fingerprint density at radius 3 is 2.75 bits per heavy atom. The van der Waals surface area contributed by atoms with Crippen molar-refractivity contribution in [3.8, 4) is 5.69 Å². The normalized spacial score (nSPS) is 9.94. The molecule has 1 heterocycles. The average molecular weight is 243 g/mol. The van der Waals surface area contributed by atoms with Crippen LogP contribution in [0.25, 0.3) is 5.69 Å². The van der Waals surface area contributed by atoms with Crippen LogP contribution in [-0.2, 0) is 6.54 Å². The molecule has 2 aromatic rings. The molecule has 0 unspecified atom stereocenters. The zero-order valence-electron chi connectivity index (χ0n) is 8.72. The van der Waals surface area contributed by atoms with Gasteiger partial charge in [-0.25, -0.2) is 14.1 Å². The molecule has 0 spiro atoms. The molecule has 0 saturated heterocycles. The van der Waals surface area contributed by atoms with Crippen molar-refractivity contribution in [1.29, 1.82) is 0 Å². The lowest BCUT2D eigenvalue weighted by molar-refractivity contribution is 0.623. The predicted octanol–water partition coefficient (Wildman–Crippen LogP) is 1.60. The molecule has 6 heteroatoms. The Kier molecular flexibility index (Phi) is 3.98. The molecule has 2 rings (SSSR count). The van der Waals surface area contributed by atoms with Crippen LogP contribution in [0.1, 0.15) is 11.4 Å². The van der Waals surface area contributed by atoms with Gasteiger partial charge in [0.25, 0.3) is 0 Å². The maximum absolute atomic E-state index is 13.1. The fourth-order valence-corrected chi connectivity index (χ4v) is 1.44. The molecule has 0 bridgehead atoms. The fraction of sp³-hybridized carbons (Fsp3) is 0.200. The minimum absolute atomic E-state index is 0. The molecule has 1 aromatic carbocycles. The van der Waals surface area contributed by atoms with Crippen molar-refractivity contribution < 1.29 is 4.39 Å². The summed E-state index contributed by atoms with van der Waals surface area (Å²) >= 11 is 0. The zero-order chi connectivity index (χ0) is 10.8. The number of halogens is 2. The number of aryl methyl sites for hydroxylation is 1. The Bertz CT molecular complexity index is 483. The highest BCUT2D eigenvalue weighted by atomic mass is 35.5. The van der Waals surface area contributed by atoms with E-state index in [1.165, 1.54) is 18.5 Å². The summed E-state index contributed by atoms with van der Waals surface area (Å²) in [6.07, 6.45) is 1.43. The second-order valence-electron chi connectivity index (χ2n) is 3.20. The summed E-state index contributed by atoms with van der Waals surface area (Å²) in [6.45, 7) is 2.15. The van der Waals surface area contributed by atoms with Gasteiger partial charge in [-0.15, -0.1) is 12.4 Å². The monoisotopic (exact) mass is 242 g/mol. The lowest BCUT2D eigenvalue weighted by atomic mass is 10.1. The number of hydrogen-bond acceptors (Lipinski definition) is 3. The minimum Gasteiger partial charge on any atom is -0.326 e. The third kappa shape index (κ3) is 2.20. The number of benzene rings is 1. The first kappa shape index (κ1) is 12.6. The lowest BCUT2D eigenvalue weighted by Gasteiger charge is -2.08. The molecular formula is C10H12ClFN4. The molecule has 4 nitrogen and oxygen atoms in total. The van der Waals surface area contributed by atoms with Crippen LogP contribution >= 0.6 is 12.4 Å². The van der Waals surface area contributed by atoms with Crippen molar-refractivity contribution >= 4 is 12.4 Å². The molecule has 2 N–H and O–H groups in total. The number of nitrogens with two attached hydrogens (primary N) is 1. The number of aromatic nitrogens is 3. The first-order valence-electron chi connectivity index (χ1n) is 4.58. The highest BCUT2D eigenvalue weighted by Gasteiger charge is 2.08. The van der Waals surface area contributed by atoms with E-state index >= 15 is 0 Å². The van der Waals surface area contributed by atoms with E-state index in [-0.39, 0.29) is 18.2 Å². The Balaban J connectivity index is 0.00000128. The molecule has 16 heavy (non-hydrogen) atoms. The topological polar surface area (TPSA) is 56.7 Å². The Labute approximate surface area is 98.7 Å². The standard InChI is InChI=1S/C10H11FN4.ClH/c1-7-13-6-14-15(7)10-4-9(11)3-2-8(10)5-12;/h2-4,6H,5,12H2,1H3;1H. The summed E-state index contributed by atoms with van der Waals surface area (Å²) in [4.78, 5) is 3.99. The zero-order valence-corrected chi connectivity index (χ0v) is 9.54. The Hall–Kier alpha value is -1.46. The van der Waals surface area contributed by atoms with E-state index in [4.69, 9.17) is 5.73 Å². The van der Waals surface area contributed by atoms with E-state index in [1.54, 1.807) is 17.7 Å². The maximum Gasteiger partial charge on any atom is 0.138 e. The second-order valence-corrected chi connectivity index (χ2v) is 3.20. The molecular weight excluding hydrogens is 231 g/mol. The van der Waals surface area contributed by atoms with Gasteiger partial charge in [0, 0.05) is 6.54 Å². The smallest absolute Gasteiger partial charge is 0.138 e. The Morgan fingerprint density at radius 1 is 1.44 bits per heavy atom. The molecule has 86 valence electrons. The largest absolute Gasteiger partial charge is 0.326 e. The third-order valence-electron chi connectivity index (χ3n) is 2.21. The van der Waals surface area contributed by atoms with Gasteiger partial charge in [-0.05, 0) is 24.6 Å². The van der Waals surface area contributed by atoms with Crippen LogP contribution in [0.15, 0.2) is 24.5 Å². The van der Waals surface area contributed by atoms with Gasteiger partial charge in [0.1, 0.15) is 18.0 Å². The SMILES string of the molecule is Cc1ncnn1-c1cc(F)ccc1CN.Cl. The minimum atomic E-state index is -0.308. The van der Waals surface area contributed by atoms with Gasteiger partial charge in [-0.2, -0.15) is 5.10 Å². The van der Waals surface area contributed by atoms with Gasteiger partial charge < -0.3 is 5.73 Å². The summed E-state index contributed by atoms with van der Waals surface area (Å²) in [7, 11) is 0. The molecule has 0 saturated carbocycles. The Morgan fingerprint density at radius 2 is 2.19 bits per heavy atom. The molecule has 0 atom stereocenters.